The maximum Gasteiger partial charge on any atom is 0.259 e. The van der Waals surface area contributed by atoms with Gasteiger partial charge in [0.15, 0.2) is 5.82 Å². The van der Waals surface area contributed by atoms with Gasteiger partial charge in [-0.15, -0.1) is 0 Å². The third kappa shape index (κ3) is 4.81. The van der Waals surface area contributed by atoms with E-state index in [4.69, 9.17) is 0 Å². The minimum atomic E-state index is -0.566. The van der Waals surface area contributed by atoms with Gasteiger partial charge >= 0.3 is 0 Å². The van der Waals surface area contributed by atoms with Gasteiger partial charge in [-0.25, -0.2) is 4.39 Å². The van der Waals surface area contributed by atoms with Crippen molar-refractivity contribution in [2.45, 2.75) is 0 Å². The molecule has 3 heterocycles. The van der Waals surface area contributed by atoms with Crippen LogP contribution in [0.4, 0.5) is 16.3 Å². The van der Waals surface area contributed by atoms with E-state index in [9.17, 15) is 9.59 Å². The molecule has 2 aromatic carbocycles. The molecular weight excluding hydrogens is 449 g/mol. The van der Waals surface area contributed by atoms with Crippen molar-refractivity contribution in [2.24, 2.45) is 0 Å². The Hall–Kier alpha value is -5.12. The number of aromatic nitrogens is 5. The van der Waals surface area contributed by atoms with Crippen molar-refractivity contribution in [3.63, 3.8) is 0 Å². The lowest BCUT2D eigenvalue weighted by Gasteiger charge is -2.10. The summed E-state index contributed by atoms with van der Waals surface area (Å²) in [4.78, 5) is 45.7. The first-order valence-corrected chi connectivity index (χ1v) is 10.4. The predicted octanol–water partition coefficient (Wildman–Crippen LogP) is 4.13. The standard InChI is InChI=1S/C25H16FN7O2/c26-20-12-16-6-2-1-5-15(16)11-19(20)21-29-24(31-22(34)17-7-3-9-27-13-17)33-25(30-21)32-23(35)18-8-4-10-28-14-18/h1-14H,(H2,29,30,31,32,33,34,35). The second kappa shape index (κ2) is 9.40. The van der Waals surface area contributed by atoms with E-state index >= 15 is 4.39 Å². The number of pyridine rings is 2. The molecule has 0 aliphatic heterocycles. The molecule has 0 aliphatic carbocycles. The van der Waals surface area contributed by atoms with E-state index in [0.717, 1.165) is 5.39 Å². The average molecular weight is 465 g/mol. The number of amides is 2. The third-order valence-electron chi connectivity index (χ3n) is 5.01. The molecule has 0 bridgehead atoms. The van der Waals surface area contributed by atoms with Gasteiger partial charge in [-0.2, -0.15) is 15.0 Å². The van der Waals surface area contributed by atoms with E-state index in [1.54, 1.807) is 36.4 Å². The average Bonchev–Trinajstić information content (AvgIpc) is 2.89. The molecule has 0 unspecified atom stereocenters. The number of nitrogens with one attached hydrogen (secondary N) is 2. The summed E-state index contributed by atoms with van der Waals surface area (Å²) in [5.41, 5.74) is 0.624. The summed E-state index contributed by atoms with van der Waals surface area (Å²) >= 11 is 0. The van der Waals surface area contributed by atoms with Crippen molar-refractivity contribution < 1.29 is 14.0 Å². The zero-order valence-electron chi connectivity index (χ0n) is 18.0. The van der Waals surface area contributed by atoms with E-state index in [2.05, 4.69) is 35.6 Å². The van der Waals surface area contributed by atoms with Crippen molar-refractivity contribution >= 4 is 34.5 Å². The number of rotatable bonds is 5. The highest BCUT2D eigenvalue weighted by molar-refractivity contribution is 6.04. The van der Waals surface area contributed by atoms with Crippen molar-refractivity contribution in [2.75, 3.05) is 10.6 Å². The Labute approximate surface area is 198 Å². The highest BCUT2D eigenvalue weighted by Gasteiger charge is 2.17. The molecule has 10 heteroatoms. The summed E-state index contributed by atoms with van der Waals surface area (Å²) in [5, 5.41) is 6.58. The van der Waals surface area contributed by atoms with Crippen LogP contribution in [0.5, 0.6) is 0 Å². The van der Waals surface area contributed by atoms with Gasteiger partial charge < -0.3 is 0 Å². The normalized spacial score (nSPS) is 10.7. The van der Waals surface area contributed by atoms with Crippen LogP contribution >= 0.6 is 0 Å². The summed E-state index contributed by atoms with van der Waals surface area (Å²) in [6, 6.07) is 16.6. The number of hydrogen-bond acceptors (Lipinski definition) is 7. The number of fused-ring (bicyclic) bond motifs is 1. The van der Waals surface area contributed by atoms with Crippen LogP contribution in [0, 0.1) is 5.82 Å². The fraction of sp³-hybridized carbons (Fsp3) is 0. The van der Waals surface area contributed by atoms with E-state index in [1.165, 1.54) is 30.9 Å². The van der Waals surface area contributed by atoms with E-state index in [-0.39, 0.29) is 34.4 Å². The summed E-state index contributed by atoms with van der Waals surface area (Å²) < 4.78 is 15.0. The Morgan fingerprint density at radius 3 is 1.74 bits per heavy atom. The zero-order valence-corrected chi connectivity index (χ0v) is 18.0. The molecule has 2 amide bonds. The summed E-state index contributed by atoms with van der Waals surface area (Å²) in [5.74, 6) is -2.02. The highest BCUT2D eigenvalue weighted by atomic mass is 19.1. The predicted molar refractivity (Wildman–Crippen MR) is 127 cm³/mol. The van der Waals surface area contributed by atoms with Crippen LogP contribution in [0.2, 0.25) is 0 Å². The number of anilines is 2. The van der Waals surface area contributed by atoms with Gasteiger partial charge in [0.05, 0.1) is 16.7 Å². The molecule has 2 N–H and O–H groups in total. The molecule has 0 saturated heterocycles. The number of benzene rings is 2. The topological polar surface area (TPSA) is 123 Å². The fourth-order valence-corrected chi connectivity index (χ4v) is 3.33. The van der Waals surface area contributed by atoms with Crippen molar-refractivity contribution in [3.8, 4) is 11.4 Å². The minimum absolute atomic E-state index is 0.0637. The molecule has 0 fully saturated rings. The molecule has 0 spiro atoms. The second-order valence-corrected chi connectivity index (χ2v) is 7.38. The van der Waals surface area contributed by atoms with Crippen molar-refractivity contribution in [1.82, 2.24) is 24.9 Å². The number of hydrogen-bond donors (Lipinski definition) is 2. The van der Waals surface area contributed by atoms with Crippen LogP contribution in [-0.4, -0.2) is 36.7 Å². The van der Waals surface area contributed by atoms with Crippen LogP contribution in [0.3, 0.4) is 0 Å². The zero-order chi connectivity index (χ0) is 24.2. The van der Waals surface area contributed by atoms with Gasteiger partial charge in [-0.1, -0.05) is 24.3 Å². The smallest absolute Gasteiger partial charge is 0.259 e. The highest BCUT2D eigenvalue weighted by Crippen LogP contribution is 2.27. The molecule has 5 aromatic rings. The number of nitrogens with zero attached hydrogens (tertiary/aromatic N) is 5. The Morgan fingerprint density at radius 2 is 1.23 bits per heavy atom. The molecule has 9 nitrogen and oxygen atoms in total. The van der Waals surface area contributed by atoms with E-state index < -0.39 is 17.6 Å². The fourth-order valence-electron chi connectivity index (χ4n) is 3.33. The molecule has 0 saturated carbocycles. The Bertz CT molecular complexity index is 1470. The first-order chi connectivity index (χ1) is 17.1. The lowest BCUT2D eigenvalue weighted by atomic mass is 10.1. The van der Waals surface area contributed by atoms with Crippen LogP contribution < -0.4 is 10.6 Å². The Balaban J connectivity index is 1.56. The number of carbonyl (C=O) groups is 2. The molecule has 0 atom stereocenters. The first kappa shape index (κ1) is 21.7. The van der Waals surface area contributed by atoms with Gasteiger partial charge in [0.2, 0.25) is 11.9 Å². The summed E-state index contributed by atoms with van der Waals surface area (Å²) in [6.45, 7) is 0. The Kier molecular flexibility index (Phi) is 5.83. The van der Waals surface area contributed by atoms with Crippen molar-refractivity contribution in [3.05, 3.63) is 102 Å². The molecule has 0 radical (unpaired) electrons. The molecular formula is C25H16FN7O2. The molecule has 3 aromatic heterocycles. The number of halogens is 1. The minimum Gasteiger partial charge on any atom is -0.290 e. The van der Waals surface area contributed by atoms with Gasteiger partial charge in [-0.3, -0.25) is 30.2 Å². The van der Waals surface area contributed by atoms with Crippen LogP contribution in [0.25, 0.3) is 22.2 Å². The van der Waals surface area contributed by atoms with Gasteiger partial charge in [-0.05, 0) is 47.2 Å². The quantitative estimate of drug-likeness (QED) is 0.400. The molecule has 170 valence electrons. The number of carbonyl (C=O) groups excluding carboxylic acids is 2. The largest absolute Gasteiger partial charge is 0.290 e. The van der Waals surface area contributed by atoms with Gasteiger partial charge in [0.25, 0.3) is 11.8 Å². The van der Waals surface area contributed by atoms with Gasteiger partial charge in [0.1, 0.15) is 5.82 Å². The maximum absolute atomic E-state index is 15.0. The summed E-state index contributed by atoms with van der Waals surface area (Å²) in [7, 11) is 0. The molecule has 0 aliphatic rings. The lowest BCUT2D eigenvalue weighted by Crippen LogP contribution is -2.19. The maximum atomic E-state index is 15.0. The first-order valence-electron chi connectivity index (χ1n) is 10.4. The monoisotopic (exact) mass is 465 g/mol. The third-order valence-corrected chi connectivity index (χ3v) is 5.01. The van der Waals surface area contributed by atoms with Crippen LogP contribution in [-0.2, 0) is 0 Å². The Morgan fingerprint density at radius 1 is 0.686 bits per heavy atom. The van der Waals surface area contributed by atoms with E-state index in [1.807, 2.05) is 18.2 Å². The molecule has 5 rings (SSSR count). The second-order valence-electron chi connectivity index (χ2n) is 7.38. The van der Waals surface area contributed by atoms with Gasteiger partial charge in [0, 0.05) is 24.8 Å². The van der Waals surface area contributed by atoms with Crippen molar-refractivity contribution in [1.29, 1.82) is 0 Å². The SMILES string of the molecule is O=C(Nc1nc(NC(=O)c2cccnc2)nc(-c2cc3ccccc3cc2F)n1)c1cccnc1. The lowest BCUT2D eigenvalue weighted by molar-refractivity contribution is 0.101. The van der Waals surface area contributed by atoms with Crippen LogP contribution in [0.15, 0.2) is 85.5 Å². The summed E-state index contributed by atoms with van der Waals surface area (Å²) in [6.07, 6.45) is 5.83. The van der Waals surface area contributed by atoms with E-state index in [0.29, 0.717) is 5.39 Å². The van der Waals surface area contributed by atoms with Crippen LogP contribution in [0.1, 0.15) is 20.7 Å². The molecule has 35 heavy (non-hydrogen) atoms.